The van der Waals surface area contributed by atoms with Crippen LogP contribution in [-0.2, 0) is 31.9 Å². The second-order valence-electron chi connectivity index (χ2n) is 13.6. The van der Waals surface area contributed by atoms with Crippen LogP contribution in [-0.4, -0.2) is 73.4 Å². The minimum absolute atomic E-state index is 0.0725. The van der Waals surface area contributed by atoms with Crippen LogP contribution in [0.2, 0.25) is 0 Å². The fraction of sp³-hybridized carbons (Fsp3) is 0.541. The predicted molar refractivity (Wildman–Crippen MR) is 179 cm³/mol. The van der Waals surface area contributed by atoms with E-state index in [-0.39, 0.29) is 25.6 Å². The molecule has 2 N–H and O–H groups in total. The number of carbonyl (C=O) groups excluding carboxylic acids is 1. The van der Waals surface area contributed by atoms with Gasteiger partial charge in [-0.05, 0) is 79.2 Å². The maximum absolute atomic E-state index is 13.9. The number of hydrogen-bond acceptors (Lipinski definition) is 10. The van der Waals surface area contributed by atoms with Crippen LogP contribution in [0.25, 0.3) is 0 Å². The molecule has 0 aliphatic carbocycles. The lowest BCUT2D eigenvalue weighted by molar-refractivity contribution is -0.149. The highest BCUT2D eigenvalue weighted by atomic mass is 16.7. The Morgan fingerprint density at radius 1 is 0.939 bits per heavy atom. The van der Waals surface area contributed by atoms with E-state index in [1.54, 1.807) is 6.07 Å². The summed E-state index contributed by atoms with van der Waals surface area (Å²) in [5.74, 6) is 0.287. The Morgan fingerprint density at radius 3 is 2.24 bits per heavy atom. The van der Waals surface area contributed by atoms with E-state index in [1.807, 2.05) is 39.8 Å². The largest absolute Gasteiger partial charge is 0.496 e. The van der Waals surface area contributed by atoms with E-state index in [0.29, 0.717) is 65.6 Å². The number of rotatable bonds is 18. The van der Waals surface area contributed by atoms with E-state index < -0.39 is 35.9 Å². The molecule has 1 unspecified atom stereocenters. The van der Waals surface area contributed by atoms with Gasteiger partial charge in [-0.2, -0.15) is 0 Å². The number of benzene rings is 2. The van der Waals surface area contributed by atoms with Crippen molar-refractivity contribution < 1.29 is 57.8 Å². The lowest BCUT2D eigenvalue weighted by Gasteiger charge is -2.30. The summed E-state index contributed by atoms with van der Waals surface area (Å²) in [6, 6.07) is 5.46. The van der Waals surface area contributed by atoms with Crippen molar-refractivity contribution >= 4 is 17.7 Å². The summed E-state index contributed by atoms with van der Waals surface area (Å²) >= 11 is 0. The van der Waals surface area contributed by atoms with Crippen molar-refractivity contribution in [2.24, 2.45) is 0 Å². The molecule has 0 saturated carbocycles. The lowest BCUT2D eigenvalue weighted by Crippen LogP contribution is -2.28. The zero-order valence-electron chi connectivity index (χ0n) is 29.4. The van der Waals surface area contributed by atoms with E-state index in [9.17, 15) is 14.4 Å². The molecule has 0 spiro atoms. The molecular weight excluding hydrogens is 636 g/mol. The van der Waals surface area contributed by atoms with Crippen LogP contribution in [0, 0.1) is 0 Å². The van der Waals surface area contributed by atoms with E-state index in [0.717, 1.165) is 29.5 Å². The molecular formula is C37H48O12. The maximum Gasteiger partial charge on any atom is 0.329 e. The predicted octanol–water partition coefficient (Wildman–Crippen LogP) is 6.49. The third kappa shape index (κ3) is 9.66. The van der Waals surface area contributed by atoms with Crippen molar-refractivity contribution in [3.8, 4) is 28.7 Å². The molecule has 0 aromatic heterocycles. The van der Waals surface area contributed by atoms with Gasteiger partial charge in [0, 0.05) is 22.8 Å². The number of carboxylic acid groups (broad SMARTS) is 2. The summed E-state index contributed by atoms with van der Waals surface area (Å²) in [5, 5.41) is 18.0. The summed E-state index contributed by atoms with van der Waals surface area (Å²) in [5.41, 5.74) is 2.57. The summed E-state index contributed by atoms with van der Waals surface area (Å²) in [7, 11) is 3.03. The third-order valence-corrected chi connectivity index (χ3v) is 8.83. The van der Waals surface area contributed by atoms with Gasteiger partial charge in [0.25, 0.3) is 0 Å². The molecule has 0 saturated heterocycles. The molecule has 2 heterocycles. The zero-order chi connectivity index (χ0) is 35.9. The standard InChI is InChI=1S/C37H48O12/c1-22(9-8-15-36(2,3)47-19-31(39)40)10-11-24-23(12-13-27-34(24)46-21-45-27)29-17-26(38)33-30(49-29)18-28(43-6)25(35(33)44-7)14-16-37(4,5)48-20-32(41)42/h10,12-13,18,29H,8-9,11,14-17,19-21H2,1-7H3,(H,39,40)(H,41,42)/b22-10+. The topological polar surface area (TPSA) is 156 Å². The van der Waals surface area contributed by atoms with Crippen LogP contribution in [0.5, 0.6) is 28.7 Å². The van der Waals surface area contributed by atoms with Crippen molar-refractivity contribution in [2.45, 2.75) is 96.9 Å². The average molecular weight is 685 g/mol. The number of ketones is 1. The Balaban J connectivity index is 1.56. The van der Waals surface area contributed by atoms with E-state index in [4.69, 9.17) is 43.4 Å². The molecule has 0 amide bonds. The van der Waals surface area contributed by atoms with Crippen LogP contribution in [0.4, 0.5) is 0 Å². The number of carboxylic acids is 2. The summed E-state index contributed by atoms with van der Waals surface area (Å²) in [4.78, 5) is 35.8. The minimum Gasteiger partial charge on any atom is -0.496 e. The molecule has 12 heteroatoms. The Kier molecular flexibility index (Phi) is 12.2. The molecule has 268 valence electrons. The summed E-state index contributed by atoms with van der Waals surface area (Å²) < 4.78 is 40.7. The van der Waals surface area contributed by atoms with Crippen LogP contribution < -0.4 is 23.7 Å². The van der Waals surface area contributed by atoms with Gasteiger partial charge in [-0.3, -0.25) is 4.79 Å². The molecule has 0 bridgehead atoms. The Labute approximate surface area is 287 Å². The lowest BCUT2D eigenvalue weighted by atomic mass is 9.88. The number of ether oxygens (including phenoxy) is 7. The number of carbonyl (C=O) groups is 3. The van der Waals surface area contributed by atoms with Gasteiger partial charge < -0.3 is 43.4 Å². The molecule has 0 radical (unpaired) electrons. The molecule has 4 rings (SSSR count). The quantitative estimate of drug-likeness (QED) is 0.165. The minimum atomic E-state index is -1.05. The number of Topliss-reactive ketones (excluding diaryl/α,β-unsaturated/α-hetero) is 1. The van der Waals surface area contributed by atoms with E-state index >= 15 is 0 Å². The Bertz CT molecular complexity index is 1570. The third-order valence-electron chi connectivity index (χ3n) is 8.83. The highest BCUT2D eigenvalue weighted by Crippen LogP contribution is 2.48. The monoisotopic (exact) mass is 684 g/mol. The van der Waals surface area contributed by atoms with Gasteiger partial charge in [0.2, 0.25) is 6.79 Å². The van der Waals surface area contributed by atoms with Crippen LogP contribution in [0.3, 0.4) is 0 Å². The number of aliphatic carboxylic acids is 2. The van der Waals surface area contributed by atoms with Crippen LogP contribution in [0.15, 0.2) is 29.8 Å². The molecule has 1 atom stereocenters. The molecule has 49 heavy (non-hydrogen) atoms. The smallest absolute Gasteiger partial charge is 0.329 e. The van der Waals surface area contributed by atoms with Crippen molar-refractivity contribution in [3.63, 3.8) is 0 Å². The molecule has 2 aromatic carbocycles. The number of allylic oxidation sites excluding steroid dienone is 2. The van der Waals surface area contributed by atoms with Gasteiger partial charge in [0.1, 0.15) is 42.1 Å². The first kappa shape index (κ1) is 37.5. The van der Waals surface area contributed by atoms with Crippen molar-refractivity contribution in [2.75, 3.05) is 34.2 Å². The second-order valence-corrected chi connectivity index (χ2v) is 13.6. The normalized spacial score (nSPS) is 15.9. The highest BCUT2D eigenvalue weighted by molar-refractivity contribution is 6.03. The molecule has 0 fully saturated rings. The van der Waals surface area contributed by atoms with E-state index in [1.165, 1.54) is 14.2 Å². The summed E-state index contributed by atoms with van der Waals surface area (Å²) in [6.45, 7) is 8.82. The van der Waals surface area contributed by atoms with Gasteiger partial charge in [-0.25, -0.2) is 9.59 Å². The van der Waals surface area contributed by atoms with Gasteiger partial charge in [-0.15, -0.1) is 0 Å². The highest BCUT2D eigenvalue weighted by Gasteiger charge is 2.36. The van der Waals surface area contributed by atoms with E-state index in [2.05, 4.69) is 13.0 Å². The first-order chi connectivity index (χ1) is 23.1. The van der Waals surface area contributed by atoms with Crippen LogP contribution in [0.1, 0.15) is 99.9 Å². The SMILES string of the molecule is COc1cc2c(c(OC)c1CCC(C)(C)OCC(=O)O)C(=O)CC(c1ccc3c(c1C/C=C(\C)CCCC(C)(C)OCC(=O)O)OCO3)O2. The molecule has 2 aliphatic heterocycles. The molecule has 12 nitrogen and oxygen atoms in total. The van der Waals surface area contributed by atoms with Gasteiger partial charge in [0.15, 0.2) is 17.3 Å². The first-order valence-corrected chi connectivity index (χ1v) is 16.4. The fourth-order valence-electron chi connectivity index (χ4n) is 6.11. The maximum atomic E-state index is 13.9. The molecule has 2 aromatic rings. The van der Waals surface area contributed by atoms with Gasteiger partial charge >= 0.3 is 11.9 Å². The zero-order valence-corrected chi connectivity index (χ0v) is 29.4. The summed E-state index contributed by atoms with van der Waals surface area (Å²) in [6.07, 6.45) is 5.32. The van der Waals surface area contributed by atoms with Crippen molar-refractivity contribution in [3.05, 3.63) is 52.1 Å². The van der Waals surface area contributed by atoms with Gasteiger partial charge in [-0.1, -0.05) is 17.7 Å². The average Bonchev–Trinajstić information content (AvgIpc) is 3.53. The number of hydrogen-bond donors (Lipinski definition) is 2. The van der Waals surface area contributed by atoms with Crippen molar-refractivity contribution in [1.82, 2.24) is 0 Å². The molecule has 2 aliphatic rings. The Morgan fingerprint density at radius 2 is 1.61 bits per heavy atom. The second kappa shape index (κ2) is 15.9. The van der Waals surface area contributed by atoms with Crippen molar-refractivity contribution in [1.29, 1.82) is 0 Å². The Hall–Kier alpha value is -4.29. The van der Waals surface area contributed by atoms with Crippen LogP contribution >= 0.6 is 0 Å². The number of methoxy groups -OCH3 is 2. The first-order valence-electron chi connectivity index (χ1n) is 16.4. The van der Waals surface area contributed by atoms with Gasteiger partial charge in [0.05, 0.1) is 31.8 Å². The number of fused-ring (bicyclic) bond motifs is 2. The fourth-order valence-corrected chi connectivity index (χ4v) is 6.11.